The molecule has 8 rings (SSSR count). The fourth-order valence-electron chi connectivity index (χ4n) is 8.40. The number of benzene rings is 2. The SMILES string of the molecule is CN(C=O)C1CCC(C(=O)Nc2c(C(=O)Nc3ccc(Cl)cn3)oc3ccc(OO)cc23)CC1.COC(=O)c1ccc2oc(C(=O)Nc3ccc(Cl)cn3)c(NC(=O)C3CCC(N(C)C=O)CC3)c2c1. The number of amides is 6. The average molecular weight is 1000 g/mol. The van der Waals surface area contributed by atoms with Crippen LogP contribution in [0.1, 0.15) is 82.8 Å². The maximum Gasteiger partial charge on any atom is 0.337 e. The molecular weight excluding hydrogens is 951 g/mol. The number of nitrogens with one attached hydrogen (secondary N) is 4. The molecule has 2 aromatic carbocycles. The molecule has 22 heteroatoms. The van der Waals surface area contributed by atoms with Gasteiger partial charge in [0.2, 0.25) is 36.2 Å². The predicted molar refractivity (Wildman–Crippen MR) is 258 cm³/mol. The van der Waals surface area contributed by atoms with Gasteiger partial charge in [0.1, 0.15) is 34.2 Å². The Balaban J connectivity index is 0.000000207. The van der Waals surface area contributed by atoms with Crippen LogP contribution in [0.25, 0.3) is 21.9 Å². The average Bonchev–Trinajstić information content (AvgIpc) is 3.94. The van der Waals surface area contributed by atoms with Crippen LogP contribution in [0.2, 0.25) is 10.0 Å². The Morgan fingerprint density at radius 3 is 1.49 bits per heavy atom. The Labute approximate surface area is 409 Å². The second-order valence-electron chi connectivity index (χ2n) is 16.7. The fourth-order valence-corrected chi connectivity index (χ4v) is 8.63. The number of methoxy groups -OCH3 is 1. The first-order chi connectivity index (χ1) is 33.7. The number of anilines is 4. The minimum Gasteiger partial charge on any atom is -0.465 e. The van der Waals surface area contributed by atoms with E-state index in [2.05, 4.69) is 36.1 Å². The highest BCUT2D eigenvalue weighted by molar-refractivity contribution is 6.30. The van der Waals surface area contributed by atoms with Gasteiger partial charge in [-0.15, -0.1) is 0 Å². The first kappa shape index (κ1) is 50.3. The summed E-state index contributed by atoms with van der Waals surface area (Å²) in [6, 6.07) is 15.4. The number of hydrogen-bond acceptors (Lipinski definition) is 14. The number of hydrogen-bond donors (Lipinski definition) is 5. The smallest absolute Gasteiger partial charge is 0.337 e. The molecule has 2 aliphatic carbocycles. The van der Waals surface area contributed by atoms with E-state index in [4.69, 9.17) is 42.0 Å². The minimum atomic E-state index is -0.632. The molecule has 0 bridgehead atoms. The van der Waals surface area contributed by atoms with Crippen LogP contribution in [0.3, 0.4) is 0 Å². The topological polar surface area (TPSA) is 265 Å². The molecule has 5 N–H and O–H groups in total. The van der Waals surface area contributed by atoms with Gasteiger partial charge in [0.25, 0.3) is 11.8 Å². The van der Waals surface area contributed by atoms with Gasteiger partial charge in [-0.25, -0.2) is 20.0 Å². The van der Waals surface area contributed by atoms with E-state index in [1.54, 1.807) is 36.0 Å². The lowest BCUT2D eigenvalue weighted by Gasteiger charge is -2.32. The summed E-state index contributed by atoms with van der Waals surface area (Å²) in [5, 5.41) is 21.6. The first-order valence-corrected chi connectivity index (χ1v) is 22.8. The van der Waals surface area contributed by atoms with Crippen molar-refractivity contribution in [2.45, 2.75) is 63.5 Å². The third-order valence-electron chi connectivity index (χ3n) is 12.3. The van der Waals surface area contributed by atoms with Crippen LogP contribution in [-0.2, 0) is 23.9 Å². The Kier molecular flexibility index (Phi) is 16.3. The highest BCUT2D eigenvalue weighted by Crippen LogP contribution is 2.37. The van der Waals surface area contributed by atoms with E-state index < -0.39 is 17.8 Å². The maximum absolute atomic E-state index is 13.2. The van der Waals surface area contributed by atoms with E-state index in [-0.39, 0.29) is 81.6 Å². The number of nitrogens with zero attached hydrogens (tertiary/aromatic N) is 4. The molecule has 2 aliphatic rings. The van der Waals surface area contributed by atoms with Crippen molar-refractivity contribution in [3.05, 3.63) is 100 Å². The first-order valence-electron chi connectivity index (χ1n) is 22.0. The number of fused-ring (bicyclic) bond motifs is 2. The molecule has 4 heterocycles. The Hall–Kier alpha value is -7.55. The van der Waals surface area contributed by atoms with Crippen molar-refractivity contribution in [2.24, 2.45) is 11.8 Å². The summed E-state index contributed by atoms with van der Waals surface area (Å²) in [5.41, 5.74) is 1.19. The zero-order chi connectivity index (χ0) is 50.1. The van der Waals surface area contributed by atoms with Gasteiger partial charge in [-0.1, -0.05) is 23.2 Å². The van der Waals surface area contributed by atoms with E-state index >= 15 is 0 Å². The highest BCUT2D eigenvalue weighted by atomic mass is 35.5. The van der Waals surface area contributed by atoms with E-state index in [9.17, 15) is 33.6 Å². The van der Waals surface area contributed by atoms with Gasteiger partial charge in [-0.05, 0) is 112 Å². The zero-order valence-corrected chi connectivity index (χ0v) is 39.5. The number of pyridine rings is 2. The van der Waals surface area contributed by atoms with Crippen molar-refractivity contribution in [1.82, 2.24) is 19.8 Å². The number of halogens is 2. The molecule has 2 saturated carbocycles. The van der Waals surface area contributed by atoms with E-state index in [1.165, 1.54) is 68.0 Å². The van der Waals surface area contributed by atoms with Crippen LogP contribution >= 0.6 is 23.2 Å². The summed E-state index contributed by atoms with van der Waals surface area (Å²) in [5.74, 6) is -2.57. The lowest BCUT2D eigenvalue weighted by Crippen LogP contribution is -2.37. The lowest BCUT2D eigenvalue weighted by molar-refractivity contribution is -0.137. The van der Waals surface area contributed by atoms with Crippen molar-refractivity contribution in [3.63, 3.8) is 0 Å². The number of carbonyl (C=O) groups is 7. The maximum atomic E-state index is 13.2. The standard InChI is InChI=1S/C25H25ClN4O6.C23H23ClN4O6/c1-30(13-31)17-7-3-14(4-8-17)23(32)29-21-18-11-15(25(34)35-2)5-9-19(18)36-22(21)24(33)28-20-10-6-16(26)12-27-20;1-28(12-29)15-5-2-13(3-6-15)22(30)27-20-17-10-16(34-32)7-8-18(17)33-21(20)23(31)26-19-9-4-14(24)11-25-19/h5-6,9-14,17H,3-4,7-8H2,1-2H3,(H,29,32)(H,27,28,33);4,7-13,15,32H,2-3,5-6H2,1H3,(H,27,30)(H,25,26,31). The molecule has 20 nitrogen and oxygen atoms in total. The number of aromatic nitrogens is 2. The molecule has 6 aromatic rings. The zero-order valence-electron chi connectivity index (χ0n) is 38.0. The summed E-state index contributed by atoms with van der Waals surface area (Å²) < 4.78 is 16.3. The van der Waals surface area contributed by atoms with Crippen molar-refractivity contribution in [1.29, 1.82) is 0 Å². The second kappa shape index (κ2) is 22.7. The molecule has 0 saturated heterocycles. The molecule has 0 unspecified atom stereocenters. The molecule has 0 spiro atoms. The number of esters is 1. The molecule has 0 radical (unpaired) electrons. The van der Waals surface area contributed by atoms with Gasteiger partial charge >= 0.3 is 5.97 Å². The Morgan fingerprint density at radius 1 is 0.643 bits per heavy atom. The minimum absolute atomic E-state index is 0.0946. The molecule has 6 amide bonds. The van der Waals surface area contributed by atoms with E-state index in [0.29, 0.717) is 83.4 Å². The van der Waals surface area contributed by atoms with Crippen LogP contribution < -0.4 is 26.2 Å². The van der Waals surface area contributed by atoms with Gasteiger partial charge in [0.05, 0.1) is 22.7 Å². The number of furan rings is 2. The van der Waals surface area contributed by atoms with Crippen LogP contribution in [0.4, 0.5) is 23.0 Å². The Bertz CT molecular complexity index is 2890. The number of ether oxygens (including phenoxy) is 1. The van der Waals surface area contributed by atoms with Gasteiger partial charge in [-0.3, -0.25) is 28.8 Å². The summed E-state index contributed by atoms with van der Waals surface area (Å²) >= 11 is 11.7. The van der Waals surface area contributed by atoms with Gasteiger partial charge in [0.15, 0.2) is 5.75 Å². The third kappa shape index (κ3) is 11.8. The quantitative estimate of drug-likeness (QED) is 0.0298. The monoisotopic (exact) mass is 998 g/mol. The van der Waals surface area contributed by atoms with Crippen LogP contribution in [0.15, 0.2) is 81.9 Å². The fraction of sp³-hybridized carbons (Fsp3) is 0.312. The van der Waals surface area contributed by atoms with Crippen LogP contribution in [-0.4, -0.2) is 101 Å². The normalized spacial score (nSPS) is 17.5. The number of carbonyl (C=O) groups excluding carboxylic acids is 7. The van der Waals surface area contributed by atoms with Crippen molar-refractivity contribution in [2.75, 3.05) is 42.5 Å². The molecule has 4 aromatic heterocycles. The molecular formula is C48H48Cl2N8O12. The molecule has 366 valence electrons. The van der Waals surface area contributed by atoms with E-state index in [1.807, 2.05) is 0 Å². The summed E-state index contributed by atoms with van der Waals surface area (Å²) in [7, 11) is 4.73. The van der Waals surface area contributed by atoms with Crippen molar-refractivity contribution < 1.29 is 57.3 Å². The summed E-state index contributed by atoms with van der Waals surface area (Å²) in [6.07, 6.45) is 9.56. The number of rotatable bonds is 14. The second-order valence-corrected chi connectivity index (χ2v) is 17.6. The third-order valence-corrected chi connectivity index (χ3v) is 12.8. The molecule has 0 aliphatic heterocycles. The predicted octanol–water partition coefficient (Wildman–Crippen LogP) is 8.28. The van der Waals surface area contributed by atoms with Gasteiger partial charge < -0.3 is 49.5 Å². The van der Waals surface area contributed by atoms with E-state index in [0.717, 1.165) is 12.8 Å². The van der Waals surface area contributed by atoms with Gasteiger partial charge in [0, 0.05) is 61.2 Å². The van der Waals surface area contributed by atoms with Gasteiger partial charge in [-0.2, -0.15) is 0 Å². The Morgan fingerprint density at radius 2 is 1.09 bits per heavy atom. The molecule has 2 fully saturated rings. The lowest BCUT2D eigenvalue weighted by atomic mass is 9.85. The van der Waals surface area contributed by atoms with Crippen LogP contribution in [0, 0.1) is 11.8 Å². The summed E-state index contributed by atoms with van der Waals surface area (Å²) in [4.78, 5) is 102. The highest BCUT2D eigenvalue weighted by Gasteiger charge is 2.33. The van der Waals surface area contributed by atoms with Crippen molar-refractivity contribution >= 4 is 111 Å². The molecule has 0 atom stereocenters. The molecule has 70 heavy (non-hydrogen) atoms. The summed E-state index contributed by atoms with van der Waals surface area (Å²) in [6.45, 7) is 0. The van der Waals surface area contributed by atoms with Crippen molar-refractivity contribution in [3.8, 4) is 5.75 Å². The largest absolute Gasteiger partial charge is 0.465 e. The van der Waals surface area contributed by atoms with Crippen LogP contribution in [0.5, 0.6) is 5.75 Å².